The fourth-order valence-corrected chi connectivity index (χ4v) is 1.97. The molecule has 0 aliphatic rings. The highest BCUT2D eigenvalue weighted by Gasteiger charge is 2.28. The summed E-state index contributed by atoms with van der Waals surface area (Å²) in [5, 5.41) is 2.59. The van der Waals surface area contributed by atoms with Crippen molar-refractivity contribution in [1.29, 1.82) is 0 Å². The maximum atomic E-state index is 12.2. The topological polar surface area (TPSA) is 38.3 Å². The first-order chi connectivity index (χ1) is 10.9. The van der Waals surface area contributed by atoms with Crippen molar-refractivity contribution in [1.82, 2.24) is 0 Å². The van der Waals surface area contributed by atoms with Crippen LogP contribution in [0.2, 0.25) is 0 Å². The highest BCUT2D eigenvalue weighted by molar-refractivity contribution is 5.92. The van der Waals surface area contributed by atoms with Crippen molar-refractivity contribution in [2.45, 2.75) is 19.0 Å². The first-order valence-corrected chi connectivity index (χ1v) is 7.06. The summed E-state index contributed by atoms with van der Waals surface area (Å²) in [7, 11) is 0. The van der Waals surface area contributed by atoms with Crippen LogP contribution in [-0.4, -0.2) is 18.7 Å². The number of rotatable bonds is 6. The lowest BCUT2D eigenvalue weighted by molar-refractivity contribution is -0.153. The quantitative estimate of drug-likeness (QED) is 0.865. The molecule has 2 aromatic rings. The van der Waals surface area contributed by atoms with Gasteiger partial charge < -0.3 is 10.1 Å². The van der Waals surface area contributed by atoms with Crippen LogP contribution in [0, 0.1) is 0 Å². The van der Waals surface area contributed by atoms with Crippen molar-refractivity contribution >= 4 is 11.6 Å². The van der Waals surface area contributed by atoms with Crippen LogP contribution in [0.4, 0.5) is 18.9 Å². The van der Waals surface area contributed by atoms with Crippen molar-refractivity contribution in [3.63, 3.8) is 0 Å². The predicted octanol–water partition coefficient (Wildman–Crippen LogP) is 4.20. The summed E-state index contributed by atoms with van der Waals surface area (Å²) >= 11 is 0. The molecular formula is C17H16F3NO2. The van der Waals surface area contributed by atoms with E-state index in [2.05, 4.69) is 5.32 Å². The summed E-state index contributed by atoms with van der Waals surface area (Å²) in [6.45, 7) is -1.40. The van der Waals surface area contributed by atoms with Crippen LogP contribution < -0.4 is 10.1 Å². The van der Waals surface area contributed by atoms with Crippen LogP contribution in [0.3, 0.4) is 0 Å². The number of carbonyl (C=O) groups is 1. The van der Waals surface area contributed by atoms with Crippen LogP contribution in [0.5, 0.6) is 5.75 Å². The number of amides is 1. The third-order valence-electron chi connectivity index (χ3n) is 3.04. The number of para-hydroxylation sites is 2. The van der Waals surface area contributed by atoms with Crippen molar-refractivity contribution in [2.24, 2.45) is 0 Å². The van der Waals surface area contributed by atoms with Gasteiger partial charge in [0.1, 0.15) is 5.75 Å². The number of hydrogen-bond donors (Lipinski definition) is 1. The van der Waals surface area contributed by atoms with Gasteiger partial charge in [0, 0.05) is 6.42 Å². The zero-order valence-electron chi connectivity index (χ0n) is 12.3. The lowest BCUT2D eigenvalue weighted by Gasteiger charge is -2.13. The molecule has 122 valence electrons. The molecule has 0 radical (unpaired) electrons. The second kappa shape index (κ2) is 7.67. The molecule has 0 heterocycles. The summed E-state index contributed by atoms with van der Waals surface area (Å²) in [4.78, 5) is 12.0. The highest BCUT2D eigenvalue weighted by Crippen LogP contribution is 2.26. The number of halogens is 3. The van der Waals surface area contributed by atoms with E-state index in [9.17, 15) is 18.0 Å². The van der Waals surface area contributed by atoms with Gasteiger partial charge in [0.05, 0.1) is 5.69 Å². The van der Waals surface area contributed by atoms with Crippen molar-refractivity contribution in [3.05, 3.63) is 60.2 Å². The van der Waals surface area contributed by atoms with Gasteiger partial charge in [-0.15, -0.1) is 0 Å². The minimum atomic E-state index is -4.43. The highest BCUT2D eigenvalue weighted by atomic mass is 19.4. The molecule has 3 nitrogen and oxygen atoms in total. The van der Waals surface area contributed by atoms with Gasteiger partial charge >= 0.3 is 6.18 Å². The van der Waals surface area contributed by atoms with Gasteiger partial charge in [-0.1, -0.05) is 42.5 Å². The average molecular weight is 323 g/mol. The Bertz CT molecular complexity index is 642. The molecule has 2 aromatic carbocycles. The second-order valence-electron chi connectivity index (χ2n) is 4.93. The number of benzene rings is 2. The van der Waals surface area contributed by atoms with Crippen molar-refractivity contribution in [3.8, 4) is 5.75 Å². The van der Waals surface area contributed by atoms with E-state index in [4.69, 9.17) is 4.74 Å². The minimum absolute atomic E-state index is 0.00196. The molecule has 0 atom stereocenters. The van der Waals surface area contributed by atoms with E-state index in [1.807, 2.05) is 30.3 Å². The molecule has 1 N–H and O–H groups in total. The summed E-state index contributed by atoms with van der Waals surface area (Å²) in [6, 6.07) is 15.5. The molecule has 23 heavy (non-hydrogen) atoms. The molecule has 0 bridgehead atoms. The number of ether oxygens (including phenoxy) is 1. The Morgan fingerprint density at radius 1 is 1.00 bits per heavy atom. The lowest BCUT2D eigenvalue weighted by atomic mass is 10.1. The summed E-state index contributed by atoms with van der Waals surface area (Å²) in [6.07, 6.45) is -3.64. The fraction of sp³-hybridized carbons (Fsp3) is 0.235. The molecule has 1 amide bonds. The van der Waals surface area contributed by atoms with Crippen LogP contribution in [0.25, 0.3) is 0 Å². The monoisotopic (exact) mass is 323 g/mol. The standard InChI is InChI=1S/C17H16F3NO2/c18-17(19,20)12-23-15-9-5-4-8-14(15)21-16(22)11-10-13-6-2-1-3-7-13/h1-9H,10-12H2,(H,21,22). The molecule has 0 saturated carbocycles. The average Bonchev–Trinajstić information content (AvgIpc) is 2.52. The Morgan fingerprint density at radius 3 is 2.35 bits per heavy atom. The zero-order valence-corrected chi connectivity index (χ0v) is 12.3. The maximum absolute atomic E-state index is 12.2. The summed E-state index contributed by atoms with van der Waals surface area (Å²) < 4.78 is 41.4. The third kappa shape index (κ3) is 6.02. The Morgan fingerprint density at radius 2 is 1.65 bits per heavy atom. The first-order valence-electron chi connectivity index (χ1n) is 7.06. The molecule has 0 fully saturated rings. The van der Waals surface area contributed by atoms with E-state index in [1.165, 1.54) is 12.1 Å². The Labute approximate surface area is 132 Å². The predicted molar refractivity (Wildman–Crippen MR) is 81.4 cm³/mol. The molecule has 0 aliphatic heterocycles. The maximum Gasteiger partial charge on any atom is 0.422 e. The SMILES string of the molecule is O=C(CCc1ccccc1)Nc1ccccc1OCC(F)(F)F. The number of alkyl halides is 3. The van der Waals surface area contributed by atoms with Crippen LogP contribution >= 0.6 is 0 Å². The smallest absolute Gasteiger partial charge is 0.422 e. The zero-order chi connectivity index (χ0) is 16.7. The van der Waals surface area contributed by atoms with Crippen molar-refractivity contribution in [2.75, 3.05) is 11.9 Å². The van der Waals surface area contributed by atoms with E-state index in [1.54, 1.807) is 12.1 Å². The van der Waals surface area contributed by atoms with E-state index in [0.29, 0.717) is 6.42 Å². The van der Waals surface area contributed by atoms with Gasteiger partial charge in [0.2, 0.25) is 5.91 Å². The first kappa shape index (κ1) is 16.9. The normalized spacial score (nSPS) is 11.1. The van der Waals surface area contributed by atoms with Gasteiger partial charge in [0.15, 0.2) is 6.61 Å². The van der Waals surface area contributed by atoms with Crippen LogP contribution in [0.15, 0.2) is 54.6 Å². The molecule has 2 rings (SSSR count). The van der Waals surface area contributed by atoms with Gasteiger partial charge in [-0.2, -0.15) is 13.2 Å². The van der Waals surface area contributed by atoms with Gasteiger partial charge in [-0.25, -0.2) is 0 Å². The van der Waals surface area contributed by atoms with Gasteiger partial charge in [-0.3, -0.25) is 4.79 Å². The number of nitrogens with one attached hydrogen (secondary N) is 1. The fourth-order valence-electron chi connectivity index (χ4n) is 1.97. The number of carbonyl (C=O) groups excluding carboxylic acids is 1. The number of anilines is 1. The summed E-state index contributed by atoms with van der Waals surface area (Å²) in [5.41, 5.74) is 1.25. The number of hydrogen-bond acceptors (Lipinski definition) is 2. The minimum Gasteiger partial charge on any atom is -0.482 e. The third-order valence-corrected chi connectivity index (χ3v) is 3.04. The molecule has 0 aliphatic carbocycles. The summed E-state index contributed by atoms with van der Waals surface area (Å²) in [5.74, 6) is -0.283. The van der Waals surface area contributed by atoms with Crippen LogP contribution in [-0.2, 0) is 11.2 Å². The second-order valence-corrected chi connectivity index (χ2v) is 4.93. The molecule has 0 spiro atoms. The molecule has 6 heteroatoms. The van der Waals surface area contributed by atoms with E-state index in [0.717, 1.165) is 5.56 Å². The largest absolute Gasteiger partial charge is 0.482 e. The Balaban J connectivity index is 1.92. The van der Waals surface area contributed by atoms with Gasteiger partial charge in [0.25, 0.3) is 0 Å². The Kier molecular flexibility index (Phi) is 5.62. The van der Waals surface area contributed by atoms with Gasteiger partial charge in [-0.05, 0) is 24.1 Å². The number of aryl methyl sites for hydroxylation is 1. The molecule has 0 aromatic heterocycles. The van der Waals surface area contributed by atoms with E-state index >= 15 is 0 Å². The lowest BCUT2D eigenvalue weighted by Crippen LogP contribution is -2.20. The van der Waals surface area contributed by atoms with E-state index in [-0.39, 0.29) is 23.8 Å². The molecule has 0 saturated heterocycles. The molecular weight excluding hydrogens is 307 g/mol. The van der Waals surface area contributed by atoms with Crippen molar-refractivity contribution < 1.29 is 22.7 Å². The Hall–Kier alpha value is -2.50. The van der Waals surface area contributed by atoms with E-state index < -0.39 is 12.8 Å². The van der Waals surface area contributed by atoms with Crippen LogP contribution in [0.1, 0.15) is 12.0 Å². The molecule has 0 unspecified atom stereocenters.